The van der Waals surface area contributed by atoms with Gasteiger partial charge in [-0.1, -0.05) is 41.9 Å². The summed E-state index contributed by atoms with van der Waals surface area (Å²) in [6.07, 6.45) is 0. The van der Waals surface area contributed by atoms with Gasteiger partial charge >= 0.3 is 5.69 Å². The van der Waals surface area contributed by atoms with Gasteiger partial charge in [0.15, 0.2) is 0 Å². The first-order valence-corrected chi connectivity index (χ1v) is 8.96. The molecule has 144 valence electrons. The zero-order valence-corrected chi connectivity index (χ0v) is 16.3. The van der Waals surface area contributed by atoms with Gasteiger partial charge in [-0.3, -0.25) is 0 Å². The number of halogens is 2. The van der Waals surface area contributed by atoms with E-state index in [1.165, 1.54) is 0 Å². The van der Waals surface area contributed by atoms with Gasteiger partial charge in [-0.2, -0.15) is 0 Å². The van der Waals surface area contributed by atoms with Crippen molar-refractivity contribution in [3.63, 3.8) is 0 Å². The summed E-state index contributed by atoms with van der Waals surface area (Å²) in [7, 11) is 0. The Balaban J connectivity index is 0.00000225. The Labute approximate surface area is 173 Å². The van der Waals surface area contributed by atoms with Crippen molar-refractivity contribution in [2.24, 2.45) is 0 Å². The molecule has 0 aliphatic heterocycles. The minimum Gasteiger partial charge on any atom is -1.00 e. The molecule has 0 aliphatic rings. The highest BCUT2D eigenvalue weighted by atomic mass is 35.5. The average molecular weight is 415 g/mol. The Morgan fingerprint density at radius 1 is 0.929 bits per heavy atom. The molecule has 0 radical (unpaired) electrons. The molecule has 4 aromatic rings. The number of hydrogen-bond acceptors (Lipinski definition) is 3. The molecule has 3 N–H and O–H groups in total. The molecule has 0 aliphatic carbocycles. The van der Waals surface area contributed by atoms with Crippen LogP contribution in [-0.2, 0) is 13.2 Å². The lowest BCUT2D eigenvalue weighted by molar-refractivity contribution is -0.00000577. The number of aromatic amines is 2. The van der Waals surface area contributed by atoms with Crippen molar-refractivity contribution < 1.29 is 17.1 Å². The van der Waals surface area contributed by atoms with Crippen molar-refractivity contribution in [1.29, 1.82) is 0 Å². The molecule has 4 rings (SSSR count). The summed E-state index contributed by atoms with van der Waals surface area (Å²) in [5, 5.41) is 4.09. The number of anilines is 1. The molecule has 0 bridgehead atoms. The molecule has 3 aromatic carbocycles. The highest BCUT2D eigenvalue weighted by Gasteiger charge is 2.05. The minimum atomic E-state index is -0.205. The summed E-state index contributed by atoms with van der Waals surface area (Å²) in [6, 6.07) is 21.3. The maximum Gasteiger partial charge on any atom is 0.323 e. The number of para-hydroxylation sites is 1. The number of nitrogens with one attached hydrogen (secondary N) is 3. The van der Waals surface area contributed by atoms with E-state index in [2.05, 4.69) is 15.3 Å². The summed E-state index contributed by atoms with van der Waals surface area (Å²) < 4.78 is 5.99. The summed E-state index contributed by atoms with van der Waals surface area (Å²) in [5.74, 6) is 0.830. The van der Waals surface area contributed by atoms with E-state index in [9.17, 15) is 4.79 Å². The van der Waals surface area contributed by atoms with Gasteiger partial charge in [-0.25, -0.2) is 4.79 Å². The first kappa shape index (κ1) is 19.9. The lowest BCUT2D eigenvalue weighted by Gasteiger charge is -2.13. The number of imidazole rings is 1. The summed E-state index contributed by atoms with van der Waals surface area (Å²) in [6.45, 7) is 1.09. The van der Waals surface area contributed by atoms with E-state index in [0.717, 1.165) is 33.6 Å². The number of hydrogen-bond donors (Lipinski definition) is 3. The fourth-order valence-corrected chi connectivity index (χ4v) is 3.00. The number of fused-ring (bicyclic) bond motifs is 1. The average Bonchev–Trinajstić information content (AvgIpc) is 3.06. The van der Waals surface area contributed by atoms with Crippen LogP contribution in [0, 0.1) is 0 Å². The second kappa shape index (κ2) is 8.87. The van der Waals surface area contributed by atoms with Crippen molar-refractivity contribution in [3.8, 4) is 5.75 Å². The molecule has 5 nitrogen and oxygen atoms in total. The van der Waals surface area contributed by atoms with Gasteiger partial charge in [0, 0.05) is 22.8 Å². The van der Waals surface area contributed by atoms with Crippen molar-refractivity contribution in [1.82, 2.24) is 9.97 Å². The molecule has 28 heavy (non-hydrogen) atoms. The van der Waals surface area contributed by atoms with Gasteiger partial charge < -0.3 is 32.4 Å². The second-order valence-corrected chi connectivity index (χ2v) is 6.65. The van der Waals surface area contributed by atoms with Crippen LogP contribution in [0.4, 0.5) is 5.69 Å². The largest absolute Gasteiger partial charge is 1.00 e. The number of rotatable bonds is 6. The highest BCUT2D eigenvalue weighted by molar-refractivity contribution is 6.30. The third-order valence-corrected chi connectivity index (χ3v) is 4.53. The van der Waals surface area contributed by atoms with E-state index < -0.39 is 0 Å². The van der Waals surface area contributed by atoms with Gasteiger partial charge in [0.05, 0.1) is 11.0 Å². The lowest BCUT2D eigenvalue weighted by atomic mass is 10.2. The van der Waals surface area contributed by atoms with Crippen molar-refractivity contribution in [2.45, 2.75) is 13.2 Å². The smallest absolute Gasteiger partial charge is 0.323 e. The van der Waals surface area contributed by atoms with Crippen LogP contribution in [-0.4, -0.2) is 9.97 Å². The molecule has 0 spiro atoms. The Kier molecular flexibility index (Phi) is 6.29. The standard InChI is InChI=1S/C21H18ClN3O2.ClH/c22-16-7-5-14(6-8-16)13-27-20-4-2-1-3-15(20)12-23-17-9-10-18-19(11-17)25-21(26)24-18;/h1-11,23H,12-13H2,(H2,24,25,26);1H/p-1. The molecule has 0 saturated carbocycles. The van der Waals surface area contributed by atoms with E-state index in [-0.39, 0.29) is 18.1 Å². The zero-order chi connectivity index (χ0) is 18.6. The van der Waals surface area contributed by atoms with Crippen LogP contribution >= 0.6 is 11.6 Å². The molecule has 0 atom stereocenters. The van der Waals surface area contributed by atoms with Gasteiger partial charge in [-0.05, 0) is 42.0 Å². The number of benzene rings is 3. The molecule has 0 unspecified atom stereocenters. The van der Waals surface area contributed by atoms with Gasteiger partial charge in [-0.15, -0.1) is 0 Å². The molecular formula is C21H18Cl2N3O2-. The van der Waals surface area contributed by atoms with E-state index >= 15 is 0 Å². The Bertz CT molecular complexity index is 1120. The first-order chi connectivity index (χ1) is 13.2. The quantitative estimate of drug-likeness (QED) is 0.449. The second-order valence-electron chi connectivity index (χ2n) is 6.22. The van der Waals surface area contributed by atoms with Crippen LogP contribution in [0.1, 0.15) is 11.1 Å². The Morgan fingerprint density at radius 3 is 2.50 bits per heavy atom. The van der Waals surface area contributed by atoms with Gasteiger partial charge in [0.1, 0.15) is 12.4 Å². The van der Waals surface area contributed by atoms with Crippen LogP contribution < -0.4 is 28.2 Å². The minimum absolute atomic E-state index is 0. The first-order valence-electron chi connectivity index (χ1n) is 8.58. The molecule has 7 heteroatoms. The number of H-pyrrole nitrogens is 2. The van der Waals surface area contributed by atoms with Crippen molar-refractivity contribution in [2.75, 3.05) is 5.32 Å². The van der Waals surface area contributed by atoms with Crippen LogP contribution in [0.15, 0.2) is 71.5 Å². The monoisotopic (exact) mass is 414 g/mol. The summed E-state index contributed by atoms with van der Waals surface area (Å²) in [5.41, 5.74) is 4.39. The predicted molar refractivity (Wildman–Crippen MR) is 108 cm³/mol. The van der Waals surface area contributed by atoms with E-state index in [1.807, 2.05) is 66.7 Å². The molecule has 0 saturated heterocycles. The Morgan fingerprint density at radius 2 is 1.68 bits per heavy atom. The molecule has 0 amide bonds. The number of ether oxygens (including phenoxy) is 1. The number of aromatic nitrogens is 2. The predicted octanol–water partition coefficient (Wildman–Crippen LogP) is 1.70. The summed E-state index contributed by atoms with van der Waals surface area (Å²) in [4.78, 5) is 16.9. The molecule has 0 fully saturated rings. The topological polar surface area (TPSA) is 69.9 Å². The Hall–Kier alpha value is -2.89. The lowest BCUT2D eigenvalue weighted by Crippen LogP contribution is -3.00. The fraction of sp³-hybridized carbons (Fsp3) is 0.0952. The van der Waals surface area contributed by atoms with Crippen LogP contribution in [0.2, 0.25) is 5.02 Å². The molecule has 1 aromatic heterocycles. The summed E-state index contributed by atoms with van der Waals surface area (Å²) >= 11 is 5.92. The van der Waals surface area contributed by atoms with E-state index in [1.54, 1.807) is 0 Å². The molecule has 1 heterocycles. The third-order valence-electron chi connectivity index (χ3n) is 4.28. The maximum atomic E-state index is 11.4. The van der Waals surface area contributed by atoms with Crippen LogP contribution in [0.25, 0.3) is 11.0 Å². The van der Waals surface area contributed by atoms with E-state index in [4.69, 9.17) is 16.3 Å². The fourth-order valence-electron chi connectivity index (χ4n) is 2.87. The van der Waals surface area contributed by atoms with Gasteiger partial charge in [0.25, 0.3) is 0 Å². The highest BCUT2D eigenvalue weighted by Crippen LogP contribution is 2.22. The van der Waals surface area contributed by atoms with Gasteiger partial charge in [0.2, 0.25) is 0 Å². The maximum absolute atomic E-state index is 11.4. The van der Waals surface area contributed by atoms with Crippen molar-refractivity contribution in [3.05, 3.63) is 93.4 Å². The normalized spacial score (nSPS) is 10.5. The van der Waals surface area contributed by atoms with Crippen molar-refractivity contribution >= 4 is 28.3 Å². The zero-order valence-electron chi connectivity index (χ0n) is 14.8. The SMILES string of the molecule is O=c1[nH]c2ccc(NCc3ccccc3OCc3ccc(Cl)cc3)cc2[nH]1.[Cl-]. The third kappa shape index (κ3) is 4.68. The molecular weight excluding hydrogens is 397 g/mol. The van der Waals surface area contributed by atoms with E-state index in [0.29, 0.717) is 18.2 Å². The van der Waals surface area contributed by atoms with Crippen LogP contribution in [0.5, 0.6) is 5.75 Å². The van der Waals surface area contributed by atoms with Crippen LogP contribution in [0.3, 0.4) is 0 Å².